The highest BCUT2D eigenvalue weighted by atomic mass is 16.5. The normalized spacial score (nSPS) is 36.8. The summed E-state index contributed by atoms with van der Waals surface area (Å²) < 4.78 is 5.55. The molecule has 2 atom stereocenters. The highest BCUT2D eigenvalue weighted by Gasteiger charge is 2.45. The minimum Gasteiger partial charge on any atom is -0.390 e. The van der Waals surface area contributed by atoms with Crippen LogP contribution in [0.5, 0.6) is 0 Å². The van der Waals surface area contributed by atoms with Crippen molar-refractivity contribution in [1.29, 1.82) is 0 Å². The fraction of sp³-hybridized carbons (Fsp3) is 0.800. The van der Waals surface area contributed by atoms with E-state index in [4.69, 9.17) is 4.74 Å². The number of ether oxygens (including phenoxy) is 1. The predicted octanol–water partition coefficient (Wildman–Crippen LogP) is 1.74. The van der Waals surface area contributed by atoms with E-state index in [1.54, 1.807) is 6.08 Å². The average Bonchev–Trinajstić information content (AvgIpc) is 2.31. The van der Waals surface area contributed by atoms with Crippen LogP contribution in [0.25, 0.3) is 0 Å². The molecule has 12 heavy (non-hydrogen) atoms. The van der Waals surface area contributed by atoms with Crippen molar-refractivity contribution in [2.24, 2.45) is 5.92 Å². The van der Waals surface area contributed by atoms with Gasteiger partial charge >= 0.3 is 0 Å². The highest BCUT2D eigenvalue weighted by Crippen LogP contribution is 2.39. The molecule has 1 saturated heterocycles. The van der Waals surface area contributed by atoms with E-state index in [0.29, 0.717) is 0 Å². The van der Waals surface area contributed by atoms with E-state index in [0.717, 1.165) is 13.0 Å². The first kappa shape index (κ1) is 9.75. The quantitative estimate of drug-likeness (QED) is 0.640. The SMILES string of the molecule is C=C[C@]1(C)OCCC1C(C)(C)O. The fourth-order valence-corrected chi connectivity index (χ4v) is 2.04. The van der Waals surface area contributed by atoms with Crippen LogP contribution in [0.2, 0.25) is 0 Å². The molecule has 1 aliphatic heterocycles. The Bertz CT molecular complexity index is 181. The van der Waals surface area contributed by atoms with Gasteiger partial charge in [0.2, 0.25) is 0 Å². The van der Waals surface area contributed by atoms with Crippen LogP contribution < -0.4 is 0 Å². The molecular weight excluding hydrogens is 152 g/mol. The van der Waals surface area contributed by atoms with Gasteiger partial charge in [-0.25, -0.2) is 0 Å². The molecule has 1 rings (SSSR count). The van der Waals surface area contributed by atoms with Gasteiger partial charge < -0.3 is 9.84 Å². The molecule has 0 aromatic heterocycles. The van der Waals surface area contributed by atoms with Crippen molar-refractivity contribution in [3.05, 3.63) is 12.7 Å². The first-order valence-corrected chi connectivity index (χ1v) is 4.40. The maximum Gasteiger partial charge on any atom is 0.0887 e. The Labute approximate surface area is 74.2 Å². The van der Waals surface area contributed by atoms with Gasteiger partial charge in [-0.3, -0.25) is 0 Å². The fourth-order valence-electron chi connectivity index (χ4n) is 2.04. The molecule has 0 aromatic rings. The molecule has 0 amide bonds. The molecular formula is C10H18O2. The Balaban J connectivity index is 2.84. The van der Waals surface area contributed by atoms with E-state index < -0.39 is 5.60 Å². The van der Waals surface area contributed by atoms with Gasteiger partial charge in [0.05, 0.1) is 11.2 Å². The molecule has 0 aliphatic carbocycles. The molecule has 1 unspecified atom stereocenters. The number of hydrogen-bond acceptors (Lipinski definition) is 2. The molecule has 1 fully saturated rings. The summed E-state index contributed by atoms with van der Waals surface area (Å²) in [6.07, 6.45) is 2.70. The minimum atomic E-state index is -0.681. The third-order valence-corrected chi connectivity index (χ3v) is 2.77. The van der Waals surface area contributed by atoms with Crippen LogP contribution in [0.4, 0.5) is 0 Å². The topological polar surface area (TPSA) is 29.5 Å². The number of hydrogen-bond donors (Lipinski definition) is 1. The van der Waals surface area contributed by atoms with Crippen LogP contribution >= 0.6 is 0 Å². The number of aliphatic hydroxyl groups is 1. The second-order valence-corrected chi connectivity index (χ2v) is 4.23. The van der Waals surface area contributed by atoms with Gasteiger partial charge in [0, 0.05) is 12.5 Å². The van der Waals surface area contributed by atoms with Gasteiger partial charge in [-0.15, -0.1) is 6.58 Å². The second kappa shape index (κ2) is 2.86. The van der Waals surface area contributed by atoms with Gasteiger partial charge in [-0.1, -0.05) is 6.08 Å². The summed E-state index contributed by atoms with van der Waals surface area (Å²) in [7, 11) is 0. The van der Waals surface area contributed by atoms with Crippen LogP contribution in [0, 0.1) is 5.92 Å². The van der Waals surface area contributed by atoms with Gasteiger partial charge in [-0.05, 0) is 27.2 Å². The Hall–Kier alpha value is -0.340. The zero-order valence-electron chi connectivity index (χ0n) is 8.13. The predicted molar refractivity (Wildman–Crippen MR) is 49.0 cm³/mol. The first-order valence-electron chi connectivity index (χ1n) is 4.40. The average molecular weight is 170 g/mol. The summed E-state index contributed by atoms with van der Waals surface area (Å²) in [5.74, 6) is 0.155. The Morgan fingerprint density at radius 3 is 2.58 bits per heavy atom. The molecule has 2 nitrogen and oxygen atoms in total. The van der Waals surface area contributed by atoms with E-state index >= 15 is 0 Å². The van der Waals surface area contributed by atoms with Crippen LogP contribution in [0.1, 0.15) is 27.2 Å². The molecule has 2 heteroatoms. The maximum atomic E-state index is 9.86. The van der Waals surface area contributed by atoms with Crippen molar-refractivity contribution in [2.45, 2.75) is 38.4 Å². The largest absolute Gasteiger partial charge is 0.390 e. The van der Waals surface area contributed by atoms with E-state index in [2.05, 4.69) is 6.58 Å². The van der Waals surface area contributed by atoms with Crippen LogP contribution in [-0.4, -0.2) is 22.9 Å². The standard InChI is InChI=1S/C10H18O2/c1-5-10(4)8(6-7-12-10)9(2,3)11/h5,8,11H,1,6-7H2,2-4H3/t8?,10-/m0/s1. The van der Waals surface area contributed by atoms with E-state index in [1.165, 1.54) is 0 Å². The Kier molecular flexibility index (Phi) is 2.32. The monoisotopic (exact) mass is 170 g/mol. The summed E-state index contributed by atoms with van der Waals surface area (Å²) >= 11 is 0. The van der Waals surface area contributed by atoms with Crippen LogP contribution in [0.15, 0.2) is 12.7 Å². The lowest BCUT2D eigenvalue weighted by molar-refractivity contribution is -0.0518. The van der Waals surface area contributed by atoms with Crippen molar-refractivity contribution in [2.75, 3.05) is 6.61 Å². The molecule has 0 bridgehead atoms. The maximum absolute atomic E-state index is 9.86. The van der Waals surface area contributed by atoms with Crippen molar-refractivity contribution in [1.82, 2.24) is 0 Å². The molecule has 1 heterocycles. The zero-order valence-corrected chi connectivity index (χ0v) is 8.13. The van der Waals surface area contributed by atoms with Crippen molar-refractivity contribution >= 4 is 0 Å². The van der Waals surface area contributed by atoms with Gasteiger partial charge in [0.1, 0.15) is 0 Å². The van der Waals surface area contributed by atoms with Crippen LogP contribution in [-0.2, 0) is 4.74 Å². The molecule has 70 valence electrons. The summed E-state index contributed by atoms with van der Waals surface area (Å²) in [5.41, 5.74) is -1.03. The Morgan fingerprint density at radius 1 is 1.67 bits per heavy atom. The third kappa shape index (κ3) is 1.54. The summed E-state index contributed by atoms with van der Waals surface area (Å²) in [4.78, 5) is 0. The van der Waals surface area contributed by atoms with Crippen molar-refractivity contribution < 1.29 is 9.84 Å². The highest BCUT2D eigenvalue weighted by molar-refractivity contribution is 5.06. The molecule has 0 saturated carbocycles. The summed E-state index contributed by atoms with van der Waals surface area (Å²) in [5, 5.41) is 9.86. The lowest BCUT2D eigenvalue weighted by atomic mass is 9.78. The molecule has 0 aromatic carbocycles. The Morgan fingerprint density at radius 2 is 2.25 bits per heavy atom. The van der Waals surface area contributed by atoms with E-state index in [9.17, 15) is 5.11 Å². The molecule has 1 aliphatic rings. The third-order valence-electron chi connectivity index (χ3n) is 2.77. The summed E-state index contributed by atoms with van der Waals surface area (Å²) in [6.45, 7) is 10.1. The first-order chi connectivity index (χ1) is 5.40. The van der Waals surface area contributed by atoms with E-state index in [-0.39, 0.29) is 11.5 Å². The smallest absolute Gasteiger partial charge is 0.0887 e. The van der Waals surface area contributed by atoms with Gasteiger partial charge in [0.25, 0.3) is 0 Å². The number of rotatable bonds is 2. The lowest BCUT2D eigenvalue weighted by Gasteiger charge is -2.35. The molecule has 0 spiro atoms. The molecule has 0 radical (unpaired) electrons. The molecule has 1 N–H and O–H groups in total. The lowest BCUT2D eigenvalue weighted by Crippen LogP contribution is -2.42. The van der Waals surface area contributed by atoms with Crippen molar-refractivity contribution in [3.8, 4) is 0 Å². The van der Waals surface area contributed by atoms with Crippen molar-refractivity contribution in [3.63, 3.8) is 0 Å². The second-order valence-electron chi connectivity index (χ2n) is 4.23. The minimum absolute atomic E-state index is 0.155. The van der Waals surface area contributed by atoms with Gasteiger partial charge in [0.15, 0.2) is 0 Å². The van der Waals surface area contributed by atoms with Gasteiger partial charge in [-0.2, -0.15) is 0 Å². The summed E-state index contributed by atoms with van der Waals surface area (Å²) in [6, 6.07) is 0. The van der Waals surface area contributed by atoms with Crippen LogP contribution in [0.3, 0.4) is 0 Å². The zero-order chi connectivity index (χ0) is 9.41. The van der Waals surface area contributed by atoms with E-state index in [1.807, 2.05) is 20.8 Å².